The number of rotatable bonds is 6. The maximum absolute atomic E-state index is 12.0. The minimum absolute atomic E-state index is 0.0495. The Morgan fingerprint density at radius 3 is 2.32 bits per heavy atom. The zero-order chi connectivity index (χ0) is 14.5. The van der Waals surface area contributed by atoms with Crippen molar-refractivity contribution in [3.8, 4) is 0 Å². The van der Waals surface area contributed by atoms with Crippen LogP contribution in [0.5, 0.6) is 0 Å². The van der Waals surface area contributed by atoms with Crippen molar-refractivity contribution in [2.24, 2.45) is 5.73 Å². The van der Waals surface area contributed by atoms with Gasteiger partial charge in [-0.15, -0.1) is 0 Å². The number of primary amides is 1. The van der Waals surface area contributed by atoms with Crippen molar-refractivity contribution in [1.82, 2.24) is 5.32 Å². The molecule has 0 radical (unpaired) electrons. The molecule has 0 saturated heterocycles. The van der Waals surface area contributed by atoms with Gasteiger partial charge in [0.25, 0.3) is 0 Å². The van der Waals surface area contributed by atoms with Crippen molar-refractivity contribution in [2.75, 3.05) is 5.75 Å². The molecule has 0 aromatic heterocycles. The number of hydrogen-bond acceptors (Lipinski definition) is 4. The molecular formula is C12H16N2O4S. The van der Waals surface area contributed by atoms with Crippen molar-refractivity contribution < 1.29 is 18.0 Å². The average molecular weight is 284 g/mol. The molecule has 0 aliphatic carbocycles. The Labute approximate surface area is 111 Å². The second kappa shape index (κ2) is 6.33. The highest BCUT2D eigenvalue weighted by molar-refractivity contribution is 7.91. The van der Waals surface area contributed by atoms with E-state index in [9.17, 15) is 18.0 Å². The number of nitrogens with one attached hydrogen (secondary N) is 1. The van der Waals surface area contributed by atoms with Crippen LogP contribution in [0.25, 0.3) is 0 Å². The summed E-state index contributed by atoms with van der Waals surface area (Å²) in [6.07, 6.45) is -0.0495. The molecular weight excluding hydrogens is 268 g/mol. The Kier molecular flexibility index (Phi) is 5.05. The second-order valence-electron chi connectivity index (χ2n) is 4.08. The van der Waals surface area contributed by atoms with Crippen LogP contribution >= 0.6 is 0 Å². The molecule has 0 bridgehead atoms. The van der Waals surface area contributed by atoms with Crippen molar-refractivity contribution in [2.45, 2.75) is 24.3 Å². The van der Waals surface area contributed by atoms with E-state index < -0.39 is 27.7 Å². The quantitative estimate of drug-likeness (QED) is 0.757. The number of sulfone groups is 1. The molecule has 104 valence electrons. The number of carbonyl (C=O) groups excluding carboxylic acids is 2. The van der Waals surface area contributed by atoms with E-state index in [1.54, 1.807) is 18.2 Å². The van der Waals surface area contributed by atoms with Gasteiger partial charge in [-0.1, -0.05) is 18.2 Å². The fourth-order valence-electron chi connectivity index (χ4n) is 1.55. The van der Waals surface area contributed by atoms with Gasteiger partial charge in [0.05, 0.1) is 10.6 Å². The maximum atomic E-state index is 12.0. The first-order valence-corrected chi connectivity index (χ1v) is 7.32. The molecule has 0 heterocycles. The Morgan fingerprint density at radius 2 is 1.84 bits per heavy atom. The van der Waals surface area contributed by atoms with Crippen LogP contribution in [0.2, 0.25) is 0 Å². The van der Waals surface area contributed by atoms with E-state index in [1.807, 2.05) is 0 Å². The number of nitrogens with two attached hydrogens (primary N) is 1. The highest BCUT2D eigenvalue weighted by atomic mass is 32.2. The van der Waals surface area contributed by atoms with Gasteiger partial charge < -0.3 is 11.1 Å². The molecule has 1 aromatic carbocycles. The van der Waals surface area contributed by atoms with Crippen LogP contribution in [0.3, 0.4) is 0 Å². The number of benzene rings is 1. The molecule has 0 aliphatic heterocycles. The lowest BCUT2D eigenvalue weighted by Crippen LogP contribution is -2.44. The molecule has 0 aliphatic rings. The van der Waals surface area contributed by atoms with Crippen molar-refractivity contribution in [1.29, 1.82) is 0 Å². The van der Waals surface area contributed by atoms with Gasteiger partial charge in [0, 0.05) is 6.92 Å². The maximum Gasteiger partial charge on any atom is 0.240 e. The summed E-state index contributed by atoms with van der Waals surface area (Å²) < 4.78 is 24.0. The minimum atomic E-state index is -3.48. The Hall–Kier alpha value is -1.89. The van der Waals surface area contributed by atoms with E-state index in [4.69, 9.17) is 5.73 Å². The molecule has 7 heteroatoms. The summed E-state index contributed by atoms with van der Waals surface area (Å²) in [5.41, 5.74) is 5.10. The van der Waals surface area contributed by atoms with Crippen molar-refractivity contribution >= 4 is 21.7 Å². The van der Waals surface area contributed by atoms with Gasteiger partial charge in [0.2, 0.25) is 11.8 Å². The third-order valence-electron chi connectivity index (χ3n) is 2.50. The summed E-state index contributed by atoms with van der Waals surface area (Å²) in [5, 5.41) is 2.33. The monoisotopic (exact) mass is 284 g/mol. The minimum Gasteiger partial charge on any atom is -0.368 e. The standard InChI is InChI=1S/C12H16N2O4S/c1-9(15)14-11(12(13)16)7-8-19(17,18)10-5-3-2-4-6-10/h2-6,11H,7-8H2,1H3,(H2,13,16)(H,14,15)/t11-/m1/s1. The van der Waals surface area contributed by atoms with Crippen LogP contribution in [-0.4, -0.2) is 32.0 Å². The van der Waals surface area contributed by atoms with Crippen LogP contribution in [-0.2, 0) is 19.4 Å². The molecule has 1 aromatic rings. The summed E-state index contributed by atoms with van der Waals surface area (Å²) >= 11 is 0. The first-order chi connectivity index (χ1) is 8.83. The topological polar surface area (TPSA) is 106 Å². The normalized spacial score (nSPS) is 12.7. The highest BCUT2D eigenvalue weighted by Gasteiger charge is 2.21. The molecule has 6 nitrogen and oxygen atoms in total. The number of hydrogen-bond donors (Lipinski definition) is 2. The number of carbonyl (C=O) groups is 2. The lowest BCUT2D eigenvalue weighted by Gasteiger charge is -2.14. The zero-order valence-electron chi connectivity index (χ0n) is 10.5. The van der Waals surface area contributed by atoms with Gasteiger partial charge in [-0.2, -0.15) is 0 Å². The first kappa shape index (κ1) is 15.2. The van der Waals surface area contributed by atoms with Gasteiger partial charge in [0.1, 0.15) is 6.04 Å². The van der Waals surface area contributed by atoms with E-state index >= 15 is 0 Å². The molecule has 1 atom stereocenters. The molecule has 0 unspecified atom stereocenters. The molecule has 1 rings (SSSR count). The highest BCUT2D eigenvalue weighted by Crippen LogP contribution is 2.12. The third kappa shape index (κ3) is 4.70. The number of amides is 2. The largest absolute Gasteiger partial charge is 0.368 e. The fourth-order valence-corrected chi connectivity index (χ4v) is 2.90. The van der Waals surface area contributed by atoms with Gasteiger partial charge in [-0.25, -0.2) is 8.42 Å². The summed E-state index contributed by atoms with van der Waals surface area (Å²) in [4.78, 5) is 22.2. The molecule has 2 amide bonds. The predicted octanol–water partition coefficient (Wildman–Crippen LogP) is -0.160. The van der Waals surface area contributed by atoms with Crippen LogP contribution in [0.1, 0.15) is 13.3 Å². The van der Waals surface area contributed by atoms with Crippen LogP contribution in [0, 0.1) is 0 Å². The molecule has 0 spiro atoms. The predicted molar refractivity (Wildman–Crippen MR) is 69.9 cm³/mol. The summed E-state index contributed by atoms with van der Waals surface area (Å²) in [7, 11) is -3.48. The zero-order valence-corrected chi connectivity index (χ0v) is 11.3. The van der Waals surface area contributed by atoms with E-state index in [0.29, 0.717) is 0 Å². The lowest BCUT2D eigenvalue weighted by atomic mass is 10.2. The SMILES string of the molecule is CC(=O)N[C@H](CCS(=O)(=O)c1ccccc1)C(N)=O. The second-order valence-corrected chi connectivity index (χ2v) is 6.19. The van der Waals surface area contributed by atoms with Gasteiger partial charge >= 0.3 is 0 Å². The molecule has 19 heavy (non-hydrogen) atoms. The van der Waals surface area contributed by atoms with Crippen LogP contribution in [0.15, 0.2) is 35.2 Å². The van der Waals surface area contributed by atoms with E-state index in [2.05, 4.69) is 5.32 Å². The smallest absolute Gasteiger partial charge is 0.240 e. The van der Waals surface area contributed by atoms with Gasteiger partial charge in [-0.05, 0) is 18.6 Å². The molecule has 0 saturated carbocycles. The molecule has 3 N–H and O–H groups in total. The van der Waals surface area contributed by atoms with Crippen molar-refractivity contribution in [3.05, 3.63) is 30.3 Å². The van der Waals surface area contributed by atoms with E-state index in [1.165, 1.54) is 19.1 Å². The van der Waals surface area contributed by atoms with E-state index in [0.717, 1.165) is 0 Å². The third-order valence-corrected chi connectivity index (χ3v) is 4.26. The Balaban J connectivity index is 2.74. The van der Waals surface area contributed by atoms with Crippen LogP contribution in [0.4, 0.5) is 0 Å². The van der Waals surface area contributed by atoms with E-state index in [-0.39, 0.29) is 17.1 Å². The summed E-state index contributed by atoms with van der Waals surface area (Å²) in [5.74, 6) is -1.44. The summed E-state index contributed by atoms with van der Waals surface area (Å²) in [6.45, 7) is 1.24. The fraction of sp³-hybridized carbons (Fsp3) is 0.333. The first-order valence-electron chi connectivity index (χ1n) is 5.67. The Morgan fingerprint density at radius 1 is 1.26 bits per heavy atom. The van der Waals surface area contributed by atoms with Gasteiger partial charge in [0.15, 0.2) is 9.84 Å². The molecule has 0 fully saturated rings. The Bertz CT molecular complexity index is 554. The van der Waals surface area contributed by atoms with Crippen LogP contribution < -0.4 is 11.1 Å². The summed E-state index contributed by atoms with van der Waals surface area (Å²) in [6, 6.07) is 6.93. The average Bonchev–Trinajstić information content (AvgIpc) is 2.35. The van der Waals surface area contributed by atoms with Crippen molar-refractivity contribution in [3.63, 3.8) is 0 Å². The van der Waals surface area contributed by atoms with Gasteiger partial charge in [-0.3, -0.25) is 9.59 Å². The lowest BCUT2D eigenvalue weighted by molar-refractivity contribution is -0.126.